The van der Waals surface area contributed by atoms with Gasteiger partial charge in [0.25, 0.3) is 0 Å². The molecule has 0 spiro atoms. The Balaban J connectivity index is 1.42. The van der Waals surface area contributed by atoms with E-state index in [0.29, 0.717) is 0 Å². The highest BCUT2D eigenvalue weighted by atomic mass is 16.6. The van der Waals surface area contributed by atoms with Crippen LogP contribution in [0.15, 0.2) is 0 Å². The number of hydrogen-bond donors (Lipinski definition) is 0. The average molecular weight is 350 g/mol. The average Bonchev–Trinajstić information content (AvgIpc) is 2.65. The zero-order valence-corrected chi connectivity index (χ0v) is 15.7. The van der Waals surface area contributed by atoms with Crippen LogP contribution in [0.5, 0.6) is 0 Å². The molecule has 4 heteroatoms. The molecule has 0 aromatic carbocycles. The van der Waals surface area contributed by atoms with E-state index in [2.05, 4.69) is 6.92 Å². The van der Waals surface area contributed by atoms with Crippen molar-refractivity contribution in [3.05, 3.63) is 0 Å². The van der Waals surface area contributed by atoms with Crippen LogP contribution in [-0.2, 0) is 19.1 Å². The Hall–Kier alpha value is -1.06. The molecule has 0 radical (unpaired) electrons. The van der Waals surface area contributed by atoms with E-state index in [-0.39, 0.29) is 41.9 Å². The molecule has 3 unspecified atom stereocenters. The summed E-state index contributed by atoms with van der Waals surface area (Å²) in [4.78, 5) is 24.7. The third kappa shape index (κ3) is 5.21. The molecule has 25 heavy (non-hydrogen) atoms. The monoisotopic (exact) mass is 350 g/mol. The van der Waals surface area contributed by atoms with Crippen molar-refractivity contribution in [1.82, 2.24) is 0 Å². The van der Waals surface area contributed by atoms with E-state index in [4.69, 9.17) is 9.47 Å². The third-order valence-corrected chi connectivity index (χ3v) is 6.47. The number of esters is 2. The first-order valence-electron chi connectivity index (χ1n) is 10.5. The van der Waals surface area contributed by atoms with Crippen LogP contribution < -0.4 is 0 Å². The van der Waals surface area contributed by atoms with Crippen LogP contribution in [0.25, 0.3) is 0 Å². The van der Waals surface area contributed by atoms with Gasteiger partial charge < -0.3 is 9.47 Å². The Morgan fingerprint density at radius 1 is 0.680 bits per heavy atom. The number of carbonyl (C=O) groups excluding carboxylic acids is 2. The summed E-state index contributed by atoms with van der Waals surface area (Å²) in [6, 6.07) is 0. The van der Waals surface area contributed by atoms with Gasteiger partial charge in [-0.3, -0.25) is 9.59 Å². The summed E-state index contributed by atoms with van der Waals surface area (Å²) >= 11 is 0. The molecule has 0 saturated heterocycles. The van der Waals surface area contributed by atoms with E-state index in [1.807, 2.05) is 0 Å². The quantitative estimate of drug-likeness (QED) is 0.684. The fraction of sp³-hybridized carbons (Fsp3) is 0.905. The van der Waals surface area contributed by atoms with Gasteiger partial charge in [-0.1, -0.05) is 45.4 Å². The Kier molecular flexibility index (Phi) is 6.77. The lowest BCUT2D eigenvalue weighted by atomic mass is 9.85. The molecule has 3 fully saturated rings. The van der Waals surface area contributed by atoms with Crippen LogP contribution in [0.1, 0.15) is 90.4 Å². The van der Waals surface area contributed by atoms with Crippen LogP contribution in [0.2, 0.25) is 0 Å². The molecule has 0 N–H and O–H groups in total. The molecule has 3 aliphatic carbocycles. The van der Waals surface area contributed by atoms with E-state index in [1.54, 1.807) is 0 Å². The van der Waals surface area contributed by atoms with Crippen molar-refractivity contribution in [3.63, 3.8) is 0 Å². The minimum absolute atomic E-state index is 0.000871. The molecular weight excluding hydrogens is 316 g/mol. The van der Waals surface area contributed by atoms with Gasteiger partial charge in [-0.25, -0.2) is 0 Å². The topological polar surface area (TPSA) is 52.6 Å². The molecule has 0 heterocycles. The summed E-state index contributed by atoms with van der Waals surface area (Å²) in [6.07, 6.45) is 13.5. The second-order valence-corrected chi connectivity index (χ2v) is 8.49. The number of ether oxygens (including phenoxy) is 2. The first-order valence-corrected chi connectivity index (χ1v) is 10.5. The molecule has 3 rings (SSSR count). The fourth-order valence-electron chi connectivity index (χ4n) is 4.78. The third-order valence-electron chi connectivity index (χ3n) is 6.47. The molecule has 0 aromatic heterocycles. The standard InChI is InChI=1S/C21H34O4/c1-15-14-18(24-20(22)16-8-4-2-5-9-16)12-13-19(15)25-21(23)17-10-6-3-7-11-17/h15-19H,2-14H2,1H3. The molecule has 0 aliphatic heterocycles. The number of carbonyl (C=O) groups is 2. The maximum absolute atomic E-state index is 12.4. The lowest BCUT2D eigenvalue weighted by Crippen LogP contribution is -2.38. The van der Waals surface area contributed by atoms with Gasteiger partial charge in [0.1, 0.15) is 12.2 Å². The van der Waals surface area contributed by atoms with Crippen LogP contribution in [0.4, 0.5) is 0 Å². The molecule has 3 atom stereocenters. The Morgan fingerprint density at radius 2 is 1.20 bits per heavy atom. The van der Waals surface area contributed by atoms with Crippen molar-refractivity contribution in [2.75, 3.05) is 0 Å². The van der Waals surface area contributed by atoms with E-state index in [9.17, 15) is 9.59 Å². The lowest BCUT2D eigenvalue weighted by Gasteiger charge is -2.35. The van der Waals surface area contributed by atoms with Gasteiger partial charge in [-0.2, -0.15) is 0 Å². The van der Waals surface area contributed by atoms with E-state index in [0.717, 1.165) is 70.6 Å². The summed E-state index contributed by atoms with van der Waals surface area (Å²) in [5.74, 6) is 0.517. The maximum atomic E-state index is 12.4. The molecule has 0 amide bonds. The lowest BCUT2D eigenvalue weighted by molar-refractivity contribution is -0.168. The van der Waals surface area contributed by atoms with E-state index >= 15 is 0 Å². The van der Waals surface area contributed by atoms with Gasteiger partial charge in [0.05, 0.1) is 11.8 Å². The Labute approximate surface area is 152 Å². The zero-order valence-electron chi connectivity index (χ0n) is 15.7. The van der Waals surface area contributed by atoms with E-state index in [1.165, 1.54) is 12.8 Å². The minimum Gasteiger partial charge on any atom is -0.462 e. The molecular formula is C21H34O4. The minimum atomic E-state index is -0.000871. The van der Waals surface area contributed by atoms with Gasteiger partial charge in [0, 0.05) is 0 Å². The summed E-state index contributed by atoms with van der Waals surface area (Å²) in [5, 5.41) is 0. The summed E-state index contributed by atoms with van der Waals surface area (Å²) in [7, 11) is 0. The summed E-state index contributed by atoms with van der Waals surface area (Å²) in [5.41, 5.74) is 0. The van der Waals surface area contributed by atoms with Crippen molar-refractivity contribution < 1.29 is 19.1 Å². The Morgan fingerprint density at radius 3 is 1.72 bits per heavy atom. The van der Waals surface area contributed by atoms with Crippen molar-refractivity contribution in [3.8, 4) is 0 Å². The summed E-state index contributed by atoms with van der Waals surface area (Å²) < 4.78 is 11.6. The molecule has 0 bridgehead atoms. The predicted molar refractivity (Wildman–Crippen MR) is 95.9 cm³/mol. The van der Waals surface area contributed by atoms with Crippen molar-refractivity contribution in [2.24, 2.45) is 17.8 Å². The van der Waals surface area contributed by atoms with Gasteiger partial charge in [-0.15, -0.1) is 0 Å². The van der Waals surface area contributed by atoms with Crippen LogP contribution in [-0.4, -0.2) is 24.1 Å². The van der Waals surface area contributed by atoms with Crippen LogP contribution >= 0.6 is 0 Å². The molecule has 0 aromatic rings. The smallest absolute Gasteiger partial charge is 0.309 e. The highest BCUT2D eigenvalue weighted by Crippen LogP contribution is 2.33. The van der Waals surface area contributed by atoms with Gasteiger partial charge in [-0.05, 0) is 50.9 Å². The van der Waals surface area contributed by atoms with Gasteiger partial charge in [0.2, 0.25) is 0 Å². The second-order valence-electron chi connectivity index (χ2n) is 8.49. The van der Waals surface area contributed by atoms with Crippen molar-refractivity contribution in [2.45, 2.75) is 103 Å². The largest absolute Gasteiger partial charge is 0.462 e. The SMILES string of the molecule is CC1CC(OC(=O)C2CCCCC2)CCC1OC(=O)C1CCCCC1. The first kappa shape index (κ1) is 18.7. The number of rotatable bonds is 4. The molecule has 4 nitrogen and oxygen atoms in total. The van der Waals surface area contributed by atoms with Crippen molar-refractivity contribution in [1.29, 1.82) is 0 Å². The van der Waals surface area contributed by atoms with Gasteiger partial charge in [0.15, 0.2) is 0 Å². The van der Waals surface area contributed by atoms with Crippen LogP contribution in [0.3, 0.4) is 0 Å². The molecule has 142 valence electrons. The van der Waals surface area contributed by atoms with Gasteiger partial charge >= 0.3 is 11.9 Å². The zero-order chi connectivity index (χ0) is 17.6. The van der Waals surface area contributed by atoms with Crippen LogP contribution in [0, 0.1) is 17.8 Å². The first-order chi connectivity index (χ1) is 12.1. The fourth-order valence-corrected chi connectivity index (χ4v) is 4.78. The maximum Gasteiger partial charge on any atom is 0.309 e. The van der Waals surface area contributed by atoms with Crippen molar-refractivity contribution >= 4 is 11.9 Å². The van der Waals surface area contributed by atoms with E-state index < -0.39 is 0 Å². The Bertz CT molecular complexity index is 449. The highest BCUT2D eigenvalue weighted by Gasteiger charge is 2.35. The second kappa shape index (κ2) is 9.05. The highest BCUT2D eigenvalue weighted by molar-refractivity contribution is 5.73. The molecule has 3 saturated carbocycles. The summed E-state index contributed by atoms with van der Waals surface area (Å²) in [6.45, 7) is 2.12. The predicted octanol–water partition coefficient (Wildman–Crippen LogP) is 4.79. The normalized spacial score (nSPS) is 32.1. The number of hydrogen-bond acceptors (Lipinski definition) is 4. The molecule has 3 aliphatic rings.